The maximum absolute atomic E-state index is 13.1. The van der Waals surface area contributed by atoms with Crippen molar-refractivity contribution in [1.29, 1.82) is 0 Å². The Bertz CT molecular complexity index is 1090. The second-order valence-corrected chi connectivity index (χ2v) is 7.60. The van der Waals surface area contributed by atoms with Gasteiger partial charge >= 0.3 is 6.18 Å². The van der Waals surface area contributed by atoms with Crippen LogP contribution in [0.3, 0.4) is 0 Å². The number of aromatic amines is 1. The van der Waals surface area contributed by atoms with Crippen molar-refractivity contribution < 1.29 is 22.7 Å². The van der Waals surface area contributed by atoms with E-state index in [4.69, 9.17) is 4.74 Å². The smallest absolute Gasteiger partial charge is 0.433 e. The normalized spacial score (nSPS) is 17.4. The summed E-state index contributed by atoms with van der Waals surface area (Å²) in [5.41, 5.74) is 2.13. The van der Waals surface area contributed by atoms with Crippen LogP contribution in [-0.2, 0) is 6.18 Å². The van der Waals surface area contributed by atoms with E-state index in [2.05, 4.69) is 9.97 Å². The van der Waals surface area contributed by atoms with E-state index in [0.29, 0.717) is 29.9 Å². The molecule has 1 unspecified atom stereocenters. The van der Waals surface area contributed by atoms with Crippen LogP contribution in [0.5, 0.6) is 5.75 Å². The van der Waals surface area contributed by atoms with Crippen molar-refractivity contribution in [3.63, 3.8) is 0 Å². The number of H-pyrrole nitrogens is 1. The van der Waals surface area contributed by atoms with E-state index in [1.54, 1.807) is 24.1 Å². The molecule has 3 aromatic rings. The van der Waals surface area contributed by atoms with Gasteiger partial charge in [-0.3, -0.25) is 4.79 Å². The summed E-state index contributed by atoms with van der Waals surface area (Å²) in [6, 6.07) is 9.51. The van der Waals surface area contributed by atoms with Crippen LogP contribution in [-0.4, -0.2) is 41.0 Å². The number of methoxy groups -OCH3 is 1. The highest BCUT2D eigenvalue weighted by molar-refractivity contribution is 5.97. The minimum atomic E-state index is -4.48. The molecule has 1 aliphatic heterocycles. The Morgan fingerprint density at radius 1 is 1.27 bits per heavy atom. The lowest BCUT2D eigenvalue weighted by Gasteiger charge is -2.33. The molecule has 1 fully saturated rings. The standard InChI is InChI=1S/C22H22F3N3O2/c1-13-5-3-7-15(20(13)30-2)21(29)28-10-4-6-14(12-28)17-11-18-16(26-17)8-9-19(27-18)22(23,24)25/h3,5,7-9,11,14,26H,4,6,10,12H2,1-2H3. The van der Waals surface area contributed by atoms with Crippen LogP contribution in [0.25, 0.3) is 11.0 Å². The number of para-hydroxylation sites is 1. The van der Waals surface area contributed by atoms with Crippen molar-refractivity contribution in [2.45, 2.75) is 31.9 Å². The van der Waals surface area contributed by atoms with Gasteiger partial charge in [0.2, 0.25) is 0 Å². The predicted molar refractivity (Wildman–Crippen MR) is 107 cm³/mol. The number of amides is 1. The summed E-state index contributed by atoms with van der Waals surface area (Å²) in [5, 5.41) is 0. The maximum atomic E-state index is 13.1. The fraction of sp³-hybridized carbons (Fsp3) is 0.364. The number of piperidine rings is 1. The zero-order valence-electron chi connectivity index (χ0n) is 16.7. The summed E-state index contributed by atoms with van der Waals surface area (Å²) in [7, 11) is 1.55. The maximum Gasteiger partial charge on any atom is 0.433 e. The van der Waals surface area contributed by atoms with Crippen molar-refractivity contribution in [3.05, 3.63) is 58.9 Å². The molecular weight excluding hydrogens is 395 g/mol. The summed E-state index contributed by atoms with van der Waals surface area (Å²) in [5.74, 6) is 0.468. The lowest BCUT2D eigenvalue weighted by Crippen LogP contribution is -2.39. The fourth-order valence-electron chi connectivity index (χ4n) is 4.08. The first-order chi connectivity index (χ1) is 14.3. The minimum Gasteiger partial charge on any atom is -0.496 e. The second kappa shape index (κ2) is 7.66. The van der Waals surface area contributed by atoms with E-state index in [0.717, 1.165) is 30.2 Å². The molecule has 1 aliphatic rings. The Morgan fingerprint density at radius 3 is 2.80 bits per heavy atom. The number of aromatic nitrogens is 2. The zero-order valence-corrected chi connectivity index (χ0v) is 16.7. The summed E-state index contributed by atoms with van der Waals surface area (Å²) >= 11 is 0. The molecule has 158 valence electrons. The van der Waals surface area contributed by atoms with E-state index in [1.165, 1.54) is 6.07 Å². The second-order valence-electron chi connectivity index (χ2n) is 7.60. The highest BCUT2D eigenvalue weighted by Gasteiger charge is 2.33. The van der Waals surface area contributed by atoms with Crippen LogP contribution in [0.2, 0.25) is 0 Å². The van der Waals surface area contributed by atoms with Crippen molar-refractivity contribution in [1.82, 2.24) is 14.9 Å². The molecule has 1 atom stereocenters. The van der Waals surface area contributed by atoms with E-state index in [-0.39, 0.29) is 17.3 Å². The summed E-state index contributed by atoms with van der Waals surface area (Å²) in [6.45, 7) is 3.00. The molecule has 8 heteroatoms. The third-order valence-corrected chi connectivity index (χ3v) is 5.58. The van der Waals surface area contributed by atoms with Gasteiger partial charge in [-0.1, -0.05) is 12.1 Å². The number of halogens is 3. The lowest BCUT2D eigenvalue weighted by atomic mass is 9.94. The van der Waals surface area contributed by atoms with Gasteiger partial charge in [0.25, 0.3) is 5.91 Å². The third-order valence-electron chi connectivity index (χ3n) is 5.58. The third kappa shape index (κ3) is 3.74. The highest BCUT2D eigenvalue weighted by atomic mass is 19.4. The number of rotatable bonds is 3. The first kappa shape index (κ1) is 20.3. The molecule has 3 heterocycles. The average molecular weight is 417 g/mol. The quantitative estimate of drug-likeness (QED) is 0.658. The Labute approximate surface area is 171 Å². The molecule has 1 N–H and O–H groups in total. The number of aryl methyl sites for hydroxylation is 1. The summed E-state index contributed by atoms with van der Waals surface area (Å²) in [4.78, 5) is 21.8. The molecule has 30 heavy (non-hydrogen) atoms. The zero-order chi connectivity index (χ0) is 21.5. The van der Waals surface area contributed by atoms with E-state index in [1.807, 2.05) is 19.1 Å². The van der Waals surface area contributed by atoms with Gasteiger partial charge in [0.1, 0.15) is 11.4 Å². The van der Waals surface area contributed by atoms with E-state index >= 15 is 0 Å². The van der Waals surface area contributed by atoms with Gasteiger partial charge in [-0.05, 0) is 49.6 Å². The lowest BCUT2D eigenvalue weighted by molar-refractivity contribution is -0.140. The van der Waals surface area contributed by atoms with Gasteiger partial charge in [0, 0.05) is 24.7 Å². The van der Waals surface area contributed by atoms with Crippen LogP contribution in [0.1, 0.15) is 46.1 Å². The number of alkyl halides is 3. The first-order valence-electron chi connectivity index (χ1n) is 9.77. The molecule has 0 bridgehead atoms. The Morgan fingerprint density at radius 2 is 2.07 bits per heavy atom. The summed E-state index contributed by atoms with van der Waals surface area (Å²) < 4.78 is 44.2. The van der Waals surface area contributed by atoms with Gasteiger partial charge in [-0.25, -0.2) is 4.98 Å². The Kier molecular flexibility index (Phi) is 5.17. The number of carbonyl (C=O) groups excluding carboxylic acids is 1. The number of ether oxygens (including phenoxy) is 1. The van der Waals surface area contributed by atoms with Crippen molar-refractivity contribution in [3.8, 4) is 5.75 Å². The molecule has 0 saturated carbocycles. The van der Waals surface area contributed by atoms with Crippen LogP contribution >= 0.6 is 0 Å². The number of carbonyl (C=O) groups is 1. The monoisotopic (exact) mass is 417 g/mol. The van der Waals surface area contributed by atoms with Crippen molar-refractivity contribution in [2.75, 3.05) is 20.2 Å². The number of pyridine rings is 1. The Balaban J connectivity index is 1.58. The molecular formula is C22H22F3N3O2. The van der Waals surface area contributed by atoms with Crippen LogP contribution in [0.4, 0.5) is 13.2 Å². The van der Waals surface area contributed by atoms with Crippen LogP contribution in [0, 0.1) is 6.92 Å². The van der Waals surface area contributed by atoms with Crippen LogP contribution in [0.15, 0.2) is 36.4 Å². The number of benzene rings is 1. The Hall–Kier alpha value is -3.03. The van der Waals surface area contributed by atoms with Crippen molar-refractivity contribution >= 4 is 16.9 Å². The van der Waals surface area contributed by atoms with Gasteiger partial charge in [0.15, 0.2) is 0 Å². The predicted octanol–water partition coefficient (Wildman–Crippen LogP) is 4.92. The number of fused-ring (bicyclic) bond motifs is 1. The highest BCUT2D eigenvalue weighted by Crippen LogP contribution is 2.33. The number of likely N-dealkylation sites (tertiary alicyclic amines) is 1. The van der Waals surface area contributed by atoms with Crippen LogP contribution < -0.4 is 4.74 Å². The van der Waals surface area contributed by atoms with Gasteiger partial charge < -0.3 is 14.6 Å². The van der Waals surface area contributed by atoms with Gasteiger partial charge in [0.05, 0.1) is 23.7 Å². The molecule has 0 radical (unpaired) electrons. The number of nitrogens with one attached hydrogen (secondary N) is 1. The molecule has 4 rings (SSSR count). The number of hydrogen-bond acceptors (Lipinski definition) is 3. The molecule has 5 nitrogen and oxygen atoms in total. The molecule has 1 saturated heterocycles. The number of hydrogen-bond donors (Lipinski definition) is 1. The molecule has 1 amide bonds. The minimum absolute atomic E-state index is 0.00189. The van der Waals surface area contributed by atoms with E-state index in [9.17, 15) is 18.0 Å². The van der Waals surface area contributed by atoms with Gasteiger partial charge in [-0.15, -0.1) is 0 Å². The van der Waals surface area contributed by atoms with Crippen molar-refractivity contribution in [2.24, 2.45) is 0 Å². The van der Waals surface area contributed by atoms with Gasteiger partial charge in [-0.2, -0.15) is 13.2 Å². The molecule has 2 aromatic heterocycles. The fourth-order valence-corrected chi connectivity index (χ4v) is 4.08. The molecule has 0 aliphatic carbocycles. The first-order valence-corrected chi connectivity index (χ1v) is 9.77. The van der Waals surface area contributed by atoms with E-state index < -0.39 is 11.9 Å². The average Bonchev–Trinajstić information content (AvgIpc) is 3.16. The largest absolute Gasteiger partial charge is 0.496 e. The summed E-state index contributed by atoms with van der Waals surface area (Å²) in [6.07, 6.45) is -2.83. The molecule has 0 spiro atoms. The number of nitrogens with zero attached hydrogens (tertiary/aromatic N) is 2. The molecule has 1 aromatic carbocycles. The SMILES string of the molecule is COc1c(C)cccc1C(=O)N1CCCC(c2cc3nc(C(F)(F)F)ccc3[nH]2)C1. The topological polar surface area (TPSA) is 58.2 Å².